The molecule has 2 aliphatic rings. The van der Waals surface area contributed by atoms with Gasteiger partial charge in [-0.15, -0.1) is 0 Å². The predicted molar refractivity (Wildman–Crippen MR) is 77.6 cm³/mol. The number of hydrogen-bond acceptors (Lipinski definition) is 3. The molecule has 1 fully saturated rings. The number of carbonyl (C=O) groups is 2. The molecular weight excluding hydrogens is 254 g/mol. The van der Waals surface area contributed by atoms with E-state index in [1.54, 1.807) is 0 Å². The lowest BCUT2D eigenvalue weighted by molar-refractivity contribution is -0.117. The van der Waals surface area contributed by atoms with Crippen LogP contribution in [-0.4, -0.2) is 24.9 Å². The summed E-state index contributed by atoms with van der Waals surface area (Å²) in [6.07, 6.45) is 2.89. The van der Waals surface area contributed by atoms with E-state index in [0.29, 0.717) is 18.8 Å². The van der Waals surface area contributed by atoms with Crippen LogP contribution in [0.15, 0.2) is 18.2 Å². The van der Waals surface area contributed by atoms with E-state index in [1.165, 1.54) is 0 Å². The van der Waals surface area contributed by atoms with Crippen LogP contribution in [-0.2, 0) is 16.0 Å². The summed E-state index contributed by atoms with van der Waals surface area (Å²) in [5.74, 6) is 0.577. The maximum absolute atomic E-state index is 12.0. The molecule has 1 aromatic carbocycles. The molecule has 5 nitrogen and oxygen atoms in total. The van der Waals surface area contributed by atoms with Gasteiger partial charge in [0.25, 0.3) is 0 Å². The number of aryl methyl sites for hydroxylation is 1. The van der Waals surface area contributed by atoms with Gasteiger partial charge in [-0.2, -0.15) is 0 Å². The Balaban J connectivity index is 1.62. The number of fused-ring (bicyclic) bond motifs is 1. The Morgan fingerprint density at radius 1 is 1.35 bits per heavy atom. The first-order chi connectivity index (χ1) is 9.70. The number of nitrogens with one attached hydrogen (secondary N) is 3. The first-order valence-corrected chi connectivity index (χ1v) is 7.14. The molecule has 2 amide bonds. The molecule has 1 aromatic rings. The van der Waals surface area contributed by atoms with Crippen molar-refractivity contribution < 1.29 is 9.59 Å². The van der Waals surface area contributed by atoms with Crippen LogP contribution in [0.25, 0.3) is 0 Å². The lowest BCUT2D eigenvalue weighted by Crippen LogP contribution is -2.20. The van der Waals surface area contributed by atoms with Crippen molar-refractivity contribution in [2.45, 2.75) is 25.7 Å². The molecule has 2 heterocycles. The van der Waals surface area contributed by atoms with Gasteiger partial charge >= 0.3 is 0 Å². The summed E-state index contributed by atoms with van der Waals surface area (Å²) >= 11 is 0. The van der Waals surface area contributed by atoms with Crippen LogP contribution in [0.2, 0.25) is 0 Å². The third kappa shape index (κ3) is 2.99. The fraction of sp³-hybridized carbons (Fsp3) is 0.467. The van der Waals surface area contributed by atoms with E-state index in [9.17, 15) is 9.59 Å². The molecule has 0 radical (unpaired) electrons. The first kappa shape index (κ1) is 13.1. The molecule has 0 bridgehead atoms. The summed E-state index contributed by atoms with van der Waals surface area (Å²) < 4.78 is 0. The number of rotatable bonds is 3. The minimum absolute atomic E-state index is 0.0584. The fourth-order valence-electron chi connectivity index (χ4n) is 2.82. The Morgan fingerprint density at radius 2 is 2.25 bits per heavy atom. The van der Waals surface area contributed by atoms with Crippen molar-refractivity contribution in [2.24, 2.45) is 5.92 Å². The van der Waals surface area contributed by atoms with Gasteiger partial charge in [-0.25, -0.2) is 0 Å². The maximum atomic E-state index is 12.0. The van der Waals surface area contributed by atoms with Gasteiger partial charge < -0.3 is 16.0 Å². The van der Waals surface area contributed by atoms with Crippen LogP contribution in [0.4, 0.5) is 11.4 Å². The van der Waals surface area contributed by atoms with Crippen molar-refractivity contribution in [2.75, 3.05) is 23.7 Å². The van der Waals surface area contributed by atoms with Crippen molar-refractivity contribution in [3.63, 3.8) is 0 Å². The number of benzene rings is 1. The molecule has 106 valence electrons. The highest BCUT2D eigenvalue weighted by Crippen LogP contribution is 2.26. The largest absolute Gasteiger partial charge is 0.326 e. The van der Waals surface area contributed by atoms with Crippen molar-refractivity contribution in [3.8, 4) is 0 Å². The molecule has 0 spiro atoms. The third-order valence-electron chi connectivity index (χ3n) is 3.92. The van der Waals surface area contributed by atoms with Crippen LogP contribution in [0, 0.1) is 5.92 Å². The smallest absolute Gasteiger partial charge is 0.224 e. The van der Waals surface area contributed by atoms with Gasteiger partial charge in [-0.3, -0.25) is 9.59 Å². The number of carbonyl (C=O) groups excluding carboxylic acids is 2. The normalized spacial score (nSPS) is 21.2. The Labute approximate surface area is 118 Å². The molecule has 1 atom stereocenters. The second-order valence-corrected chi connectivity index (χ2v) is 5.53. The molecule has 20 heavy (non-hydrogen) atoms. The van der Waals surface area contributed by atoms with E-state index in [0.717, 1.165) is 42.9 Å². The standard InChI is InChI=1S/C15H19N3O2/c19-14-4-1-11-8-12(2-3-13(11)18-14)17-15(20)7-10-5-6-16-9-10/h2-3,8,10,16H,1,4-7,9H2,(H,17,20)(H,18,19). The van der Waals surface area contributed by atoms with E-state index in [1.807, 2.05) is 18.2 Å². The Morgan fingerprint density at radius 3 is 3.05 bits per heavy atom. The third-order valence-corrected chi connectivity index (χ3v) is 3.92. The van der Waals surface area contributed by atoms with Gasteiger partial charge in [0, 0.05) is 24.2 Å². The minimum atomic E-state index is 0.0584. The van der Waals surface area contributed by atoms with Gasteiger partial charge in [0.2, 0.25) is 11.8 Å². The highest BCUT2D eigenvalue weighted by molar-refractivity contribution is 5.95. The Kier molecular flexibility index (Phi) is 3.69. The van der Waals surface area contributed by atoms with Gasteiger partial charge in [0.15, 0.2) is 0 Å². The van der Waals surface area contributed by atoms with Crippen LogP contribution < -0.4 is 16.0 Å². The van der Waals surface area contributed by atoms with Crippen LogP contribution >= 0.6 is 0 Å². The summed E-state index contributed by atoms with van der Waals surface area (Å²) in [7, 11) is 0. The van der Waals surface area contributed by atoms with Crippen molar-refractivity contribution in [1.82, 2.24) is 5.32 Å². The average molecular weight is 273 g/mol. The van der Waals surface area contributed by atoms with E-state index < -0.39 is 0 Å². The lowest BCUT2D eigenvalue weighted by atomic mass is 10.0. The Hall–Kier alpha value is -1.88. The first-order valence-electron chi connectivity index (χ1n) is 7.14. The summed E-state index contributed by atoms with van der Waals surface area (Å²) in [6.45, 7) is 1.94. The number of anilines is 2. The van der Waals surface area contributed by atoms with Crippen molar-refractivity contribution in [1.29, 1.82) is 0 Å². The zero-order chi connectivity index (χ0) is 13.9. The zero-order valence-corrected chi connectivity index (χ0v) is 11.4. The van der Waals surface area contributed by atoms with Crippen molar-refractivity contribution >= 4 is 23.2 Å². The van der Waals surface area contributed by atoms with Gasteiger partial charge in [-0.05, 0) is 55.6 Å². The van der Waals surface area contributed by atoms with Crippen LogP contribution in [0.5, 0.6) is 0 Å². The summed E-state index contributed by atoms with van der Waals surface area (Å²) in [5, 5.41) is 9.06. The molecule has 0 saturated carbocycles. The van der Waals surface area contributed by atoms with Gasteiger partial charge in [-0.1, -0.05) is 0 Å². The van der Waals surface area contributed by atoms with Crippen LogP contribution in [0.1, 0.15) is 24.8 Å². The molecule has 0 aliphatic carbocycles. The SMILES string of the molecule is O=C(CC1CCNC1)Nc1ccc2c(c1)CCC(=O)N2. The summed E-state index contributed by atoms with van der Waals surface area (Å²) in [4.78, 5) is 23.3. The topological polar surface area (TPSA) is 70.2 Å². The van der Waals surface area contributed by atoms with E-state index in [4.69, 9.17) is 0 Å². The van der Waals surface area contributed by atoms with E-state index in [2.05, 4.69) is 16.0 Å². The highest BCUT2D eigenvalue weighted by atomic mass is 16.2. The second-order valence-electron chi connectivity index (χ2n) is 5.53. The molecule has 1 saturated heterocycles. The van der Waals surface area contributed by atoms with Crippen LogP contribution in [0.3, 0.4) is 0 Å². The van der Waals surface area contributed by atoms with E-state index >= 15 is 0 Å². The quantitative estimate of drug-likeness (QED) is 0.782. The Bertz CT molecular complexity index is 536. The summed E-state index contributed by atoms with van der Waals surface area (Å²) in [6, 6.07) is 5.66. The minimum Gasteiger partial charge on any atom is -0.326 e. The fourth-order valence-corrected chi connectivity index (χ4v) is 2.82. The average Bonchev–Trinajstić information content (AvgIpc) is 2.91. The number of hydrogen-bond donors (Lipinski definition) is 3. The zero-order valence-electron chi connectivity index (χ0n) is 11.4. The molecular formula is C15H19N3O2. The number of amides is 2. The maximum Gasteiger partial charge on any atom is 0.224 e. The van der Waals surface area contributed by atoms with Gasteiger partial charge in [0.05, 0.1) is 0 Å². The molecule has 3 N–H and O–H groups in total. The monoisotopic (exact) mass is 273 g/mol. The lowest BCUT2D eigenvalue weighted by Gasteiger charge is -2.18. The molecule has 5 heteroatoms. The highest BCUT2D eigenvalue weighted by Gasteiger charge is 2.19. The molecule has 0 aromatic heterocycles. The predicted octanol–water partition coefficient (Wildman–Crippen LogP) is 1.51. The van der Waals surface area contributed by atoms with Crippen molar-refractivity contribution in [3.05, 3.63) is 23.8 Å². The van der Waals surface area contributed by atoms with E-state index in [-0.39, 0.29) is 11.8 Å². The molecule has 2 aliphatic heterocycles. The second kappa shape index (κ2) is 5.63. The van der Waals surface area contributed by atoms with Gasteiger partial charge in [0.1, 0.15) is 0 Å². The summed E-state index contributed by atoms with van der Waals surface area (Å²) in [5.41, 5.74) is 2.76. The molecule has 3 rings (SSSR count). The molecule has 1 unspecified atom stereocenters.